The molecule has 0 aliphatic carbocycles. The van der Waals surface area contributed by atoms with Crippen molar-refractivity contribution in [3.63, 3.8) is 0 Å². The minimum atomic E-state index is -0.416. The van der Waals surface area contributed by atoms with Gasteiger partial charge in [0.1, 0.15) is 11.3 Å². The predicted molar refractivity (Wildman–Crippen MR) is 76.6 cm³/mol. The van der Waals surface area contributed by atoms with Crippen LogP contribution in [-0.2, 0) is 6.42 Å². The molecule has 1 N–H and O–H groups in total. The zero-order valence-electron chi connectivity index (χ0n) is 10.4. The lowest BCUT2D eigenvalue weighted by Gasteiger charge is -2.01. The Morgan fingerprint density at radius 1 is 1.25 bits per heavy atom. The number of oxazole rings is 1. The van der Waals surface area contributed by atoms with Crippen molar-refractivity contribution in [3.8, 4) is 11.5 Å². The van der Waals surface area contributed by atoms with Gasteiger partial charge >= 0.3 is 0 Å². The van der Waals surface area contributed by atoms with Crippen LogP contribution >= 0.6 is 11.6 Å². The Labute approximate surface area is 119 Å². The molecule has 3 nitrogen and oxygen atoms in total. The van der Waals surface area contributed by atoms with Crippen molar-refractivity contribution in [1.82, 2.24) is 4.98 Å². The van der Waals surface area contributed by atoms with E-state index in [1.807, 2.05) is 18.2 Å². The normalized spacial score (nSPS) is 13.5. The third-order valence-corrected chi connectivity index (χ3v) is 3.75. The molecule has 100 valence electrons. The predicted octanol–water partition coefficient (Wildman–Crippen LogP) is 4.26. The molecule has 0 spiro atoms. The summed E-state index contributed by atoms with van der Waals surface area (Å²) in [6.07, 6.45) is 0.985. The molecule has 0 saturated heterocycles. The van der Waals surface area contributed by atoms with Crippen LogP contribution in [0.1, 0.15) is 5.56 Å². The first-order valence-electron chi connectivity index (χ1n) is 6.33. The molecule has 0 saturated carbocycles. The second-order valence-corrected chi connectivity index (χ2v) is 5.21. The molecule has 0 fully saturated rings. The Hall–Kier alpha value is -2.07. The highest BCUT2D eigenvalue weighted by Gasteiger charge is 2.15. The number of nitrogens with one attached hydrogen (secondary N) is 1. The lowest BCUT2D eigenvalue weighted by atomic mass is 10.1. The van der Waals surface area contributed by atoms with Crippen LogP contribution in [0.2, 0.25) is 5.02 Å². The van der Waals surface area contributed by atoms with Crippen molar-refractivity contribution in [2.45, 2.75) is 6.42 Å². The van der Waals surface area contributed by atoms with E-state index in [-0.39, 0.29) is 5.02 Å². The summed E-state index contributed by atoms with van der Waals surface area (Å²) in [7, 11) is 0. The fourth-order valence-electron chi connectivity index (χ4n) is 2.52. The van der Waals surface area contributed by atoms with E-state index in [1.54, 1.807) is 0 Å². The average molecular weight is 289 g/mol. The molecule has 0 atom stereocenters. The van der Waals surface area contributed by atoms with Crippen molar-refractivity contribution >= 4 is 28.4 Å². The summed E-state index contributed by atoms with van der Waals surface area (Å²) in [6.45, 7) is 0.948. The van der Waals surface area contributed by atoms with Gasteiger partial charge in [-0.1, -0.05) is 11.6 Å². The first kappa shape index (κ1) is 11.7. The molecular formula is C15H10ClFN2O. The maximum absolute atomic E-state index is 13.3. The van der Waals surface area contributed by atoms with Crippen LogP contribution in [-0.4, -0.2) is 11.5 Å². The molecule has 2 heterocycles. The Bertz CT molecular complexity index is 828. The smallest absolute Gasteiger partial charge is 0.227 e. The van der Waals surface area contributed by atoms with Gasteiger partial charge in [0, 0.05) is 23.9 Å². The summed E-state index contributed by atoms with van der Waals surface area (Å²) in [4.78, 5) is 4.32. The third-order valence-electron chi connectivity index (χ3n) is 3.47. The van der Waals surface area contributed by atoms with Gasteiger partial charge in [0.15, 0.2) is 5.58 Å². The van der Waals surface area contributed by atoms with Gasteiger partial charge in [-0.15, -0.1) is 0 Å². The lowest BCUT2D eigenvalue weighted by molar-refractivity contribution is 0.614. The zero-order valence-corrected chi connectivity index (χ0v) is 11.2. The van der Waals surface area contributed by atoms with Gasteiger partial charge in [-0.3, -0.25) is 0 Å². The topological polar surface area (TPSA) is 38.1 Å². The summed E-state index contributed by atoms with van der Waals surface area (Å²) in [6, 6.07) is 8.54. The number of hydrogen-bond acceptors (Lipinski definition) is 3. The summed E-state index contributed by atoms with van der Waals surface area (Å²) < 4.78 is 19.0. The fourth-order valence-corrected chi connectivity index (χ4v) is 2.76. The first-order chi connectivity index (χ1) is 9.70. The molecule has 2 aromatic carbocycles. The molecular weight excluding hydrogens is 279 g/mol. The average Bonchev–Trinajstić information content (AvgIpc) is 3.03. The molecule has 0 radical (unpaired) electrons. The van der Waals surface area contributed by atoms with Crippen molar-refractivity contribution in [2.75, 3.05) is 11.9 Å². The molecule has 5 heteroatoms. The van der Waals surface area contributed by atoms with E-state index in [0.29, 0.717) is 17.0 Å². The number of halogens is 2. The van der Waals surface area contributed by atoms with Gasteiger partial charge in [-0.05, 0) is 36.2 Å². The van der Waals surface area contributed by atoms with Crippen LogP contribution in [0.15, 0.2) is 34.7 Å². The van der Waals surface area contributed by atoms with E-state index in [9.17, 15) is 4.39 Å². The van der Waals surface area contributed by atoms with Crippen LogP contribution < -0.4 is 5.32 Å². The highest BCUT2D eigenvalue weighted by atomic mass is 35.5. The van der Waals surface area contributed by atoms with E-state index < -0.39 is 5.82 Å². The number of benzene rings is 2. The van der Waals surface area contributed by atoms with Gasteiger partial charge in [0.2, 0.25) is 5.89 Å². The van der Waals surface area contributed by atoms with Crippen LogP contribution in [0.4, 0.5) is 10.1 Å². The molecule has 1 aliphatic heterocycles. The minimum absolute atomic E-state index is 0.238. The largest absolute Gasteiger partial charge is 0.435 e. The van der Waals surface area contributed by atoms with E-state index >= 15 is 0 Å². The minimum Gasteiger partial charge on any atom is -0.435 e. The Kier molecular flexibility index (Phi) is 2.47. The standard InChI is InChI=1S/C15H10ClFN2O/c16-11-6-10(17)7-13-14(11)20-15(19-13)9-1-2-12-8(5-9)3-4-18-12/h1-2,5-7,18H,3-4H2. The molecule has 20 heavy (non-hydrogen) atoms. The van der Waals surface area contributed by atoms with Crippen LogP contribution in [0, 0.1) is 5.82 Å². The molecule has 1 aromatic heterocycles. The van der Waals surface area contributed by atoms with Gasteiger partial charge in [-0.25, -0.2) is 9.37 Å². The van der Waals surface area contributed by atoms with Crippen LogP contribution in [0.5, 0.6) is 0 Å². The molecule has 0 amide bonds. The second-order valence-electron chi connectivity index (χ2n) is 4.80. The number of fused-ring (bicyclic) bond motifs is 2. The van der Waals surface area contributed by atoms with Gasteiger partial charge < -0.3 is 9.73 Å². The SMILES string of the molecule is Fc1cc(Cl)c2oc(-c3ccc4c(c3)CCN4)nc2c1. The Balaban J connectivity index is 1.88. The summed E-state index contributed by atoms with van der Waals surface area (Å²) in [5.74, 6) is 0.0442. The Morgan fingerprint density at radius 3 is 3.05 bits per heavy atom. The van der Waals surface area contributed by atoms with Crippen molar-refractivity contribution in [2.24, 2.45) is 0 Å². The Morgan fingerprint density at radius 2 is 2.15 bits per heavy atom. The monoisotopic (exact) mass is 288 g/mol. The third kappa shape index (κ3) is 1.76. The number of nitrogens with zero attached hydrogens (tertiary/aromatic N) is 1. The van der Waals surface area contributed by atoms with Crippen molar-refractivity contribution in [1.29, 1.82) is 0 Å². The summed E-state index contributed by atoms with van der Waals surface area (Å²) in [5, 5.41) is 3.54. The quantitative estimate of drug-likeness (QED) is 0.727. The van der Waals surface area contributed by atoms with Gasteiger partial charge in [0.25, 0.3) is 0 Å². The second kappa shape index (κ2) is 4.21. The van der Waals surface area contributed by atoms with E-state index in [4.69, 9.17) is 16.0 Å². The summed E-state index contributed by atoms with van der Waals surface area (Å²) in [5.41, 5.74) is 4.11. The number of rotatable bonds is 1. The molecule has 3 aromatic rings. The van der Waals surface area contributed by atoms with E-state index in [0.717, 1.165) is 24.2 Å². The highest BCUT2D eigenvalue weighted by molar-refractivity contribution is 6.34. The van der Waals surface area contributed by atoms with Gasteiger partial charge in [-0.2, -0.15) is 0 Å². The highest BCUT2D eigenvalue weighted by Crippen LogP contribution is 2.32. The maximum atomic E-state index is 13.3. The first-order valence-corrected chi connectivity index (χ1v) is 6.71. The lowest BCUT2D eigenvalue weighted by Crippen LogP contribution is -1.90. The maximum Gasteiger partial charge on any atom is 0.227 e. The molecule has 0 unspecified atom stereocenters. The molecule has 1 aliphatic rings. The number of hydrogen-bond donors (Lipinski definition) is 1. The van der Waals surface area contributed by atoms with Crippen molar-refractivity contribution < 1.29 is 8.81 Å². The molecule has 0 bridgehead atoms. The van der Waals surface area contributed by atoms with Crippen LogP contribution in [0.25, 0.3) is 22.6 Å². The van der Waals surface area contributed by atoms with Crippen LogP contribution in [0.3, 0.4) is 0 Å². The fraction of sp³-hybridized carbons (Fsp3) is 0.133. The van der Waals surface area contributed by atoms with Gasteiger partial charge in [0.05, 0.1) is 5.02 Å². The molecule has 4 rings (SSSR count). The van der Waals surface area contributed by atoms with Crippen molar-refractivity contribution in [3.05, 3.63) is 46.7 Å². The summed E-state index contributed by atoms with van der Waals surface area (Å²) >= 11 is 5.97. The number of aromatic nitrogens is 1. The van der Waals surface area contributed by atoms with E-state index in [1.165, 1.54) is 17.7 Å². The van der Waals surface area contributed by atoms with E-state index in [2.05, 4.69) is 10.3 Å². The zero-order chi connectivity index (χ0) is 13.7. The number of anilines is 1.